The van der Waals surface area contributed by atoms with Crippen LogP contribution in [-0.2, 0) is 6.54 Å². The lowest BCUT2D eigenvalue weighted by molar-refractivity contribution is 0.279. The molecule has 2 aromatic rings. The van der Waals surface area contributed by atoms with Crippen LogP contribution in [0.25, 0.3) is 0 Å². The Kier molecular flexibility index (Phi) is 3.87. The van der Waals surface area contributed by atoms with Crippen LogP contribution in [0.4, 0.5) is 0 Å². The van der Waals surface area contributed by atoms with Crippen LogP contribution in [0.1, 0.15) is 11.4 Å². The van der Waals surface area contributed by atoms with E-state index in [-0.39, 0.29) is 0 Å². The maximum Gasteiger partial charge on any atom is 0.161 e. The summed E-state index contributed by atoms with van der Waals surface area (Å²) in [5.41, 5.74) is 2.24. The quantitative estimate of drug-likeness (QED) is 0.813. The maximum absolute atomic E-state index is 5.72. The van der Waals surface area contributed by atoms with Crippen molar-refractivity contribution in [3.63, 3.8) is 0 Å². The third-order valence-electron chi connectivity index (χ3n) is 3.00. The van der Waals surface area contributed by atoms with E-state index in [0.29, 0.717) is 6.61 Å². The van der Waals surface area contributed by atoms with Crippen LogP contribution in [0.3, 0.4) is 0 Å². The van der Waals surface area contributed by atoms with Gasteiger partial charge in [0.05, 0.1) is 25.7 Å². The second-order valence-electron chi connectivity index (χ2n) is 4.11. The Bertz CT molecular complexity index is 520. The first-order valence-corrected chi connectivity index (χ1v) is 5.96. The normalized spacial score (nSPS) is 10.4. The van der Waals surface area contributed by atoms with Gasteiger partial charge in [0.15, 0.2) is 11.5 Å². The zero-order valence-electron chi connectivity index (χ0n) is 11.0. The molecule has 0 aliphatic carbocycles. The summed E-state index contributed by atoms with van der Waals surface area (Å²) in [7, 11) is 1.64. The predicted octanol–water partition coefficient (Wildman–Crippen LogP) is 2.59. The van der Waals surface area contributed by atoms with Gasteiger partial charge in [-0.05, 0) is 26.0 Å². The van der Waals surface area contributed by atoms with Gasteiger partial charge in [-0.15, -0.1) is 0 Å². The summed E-state index contributed by atoms with van der Waals surface area (Å²) in [4.78, 5) is 4.26. The molecule has 0 fully saturated rings. The van der Waals surface area contributed by atoms with Crippen LogP contribution in [-0.4, -0.2) is 23.3 Å². The van der Waals surface area contributed by atoms with E-state index >= 15 is 0 Å². The Hall–Kier alpha value is -1.97. The second kappa shape index (κ2) is 5.58. The Morgan fingerprint density at radius 2 is 1.89 bits per heavy atom. The van der Waals surface area contributed by atoms with Crippen molar-refractivity contribution < 1.29 is 9.47 Å². The number of imidazole rings is 1. The van der Waals surface area contributed by atoms with E-state index in [0.717, 1.165) is 23.7 Å². The van der Waals surface area contributed by atoms with Gasteiger partial charge in [0.1, 0.15) is 6.61 Å². The molecule has 0 amide bonds. The lowest BCUT2D eigenvalue weighted by Crippen LogP contribution is -2.09. The molecule has 0 unspecified atom stereocenters. The number of nitrogens with zero attached hydrogens (tertiary/aromatic N) is 2. The van der Waals surface area contributed by atoms with Crippen molar-refractivity contribution in [2.45, 2.75) is 20.4 Å². The summed E-state index contributed by atoms with van der Waals surface area (Å²) >= 11 is 0. The first-order chi connectivity index (χ1) is 8.72. The van der Waals surface area contributed by atoms with Crippen molar-refractivity contribution in [3.8, 4) is 11.5 Å². The van der Waals surface area contributed by atoms with Crippen molar-refractivity contribution in [3.05, 3.63) is 42.0 Å². The minimum absolute atomic E-state index is 0.594. The molecule has 0 bridgehead atoms. The molecule has 0 radical (unpaired) electrons. The summed E-state index contributed by atoms with van der Waals surface area (Å²) in [6.07, 6.45) is 1.84. The van der Waals surface area contributed by atoms with Gasteiger partial charge in [-0.25, -0.2) is 4.98 Å². The molecule has 0 aliphatic heterocycles. The molecule has 0 atom stereocenters. The molecule has 0 saturated carbocycles. The SMILES string of the molecule is COc1ccccc1OCCn1cnc(C)c1C. The third kappa shape index (κ3) is 2.64. The summed E-state index contributed by atoms with van der Waals surface area (Å²) in [5.74, 6) is 1.53. The molecule has 0 saturated heterocycles. The molecule has 4 heteroatoms. The van der Waals surface area contributed by atoms with Gasteiger partial charge in [-0.3, -0.25) is 0 Å². The highest BCUT2D eigenvalue weighted by molar-refractivity contribution is 5.39. The molecule has 0 spiro atoms. The van der Waals surface area contributed by atoms with Gasteiger partial charge in [0.2, 0.25) is 0 Å². The minimum atomic E-state index is 0.594. The Labute approximate surface area is 107 Å². The van der Waals surface area contributed by atoms with Crippen LogP contribution >= 0.6 is 0 Å². The fourth-order valence-corrected chi connectivity index (χ4v) is 1.76. The monoisotopic (exact) mass is 246 g/mol. The molecule has 1 aromatic carbocycles. The Balaban J connectivity index is 1.94. The van der Waals surface area contributed by atoms with E-state index in [4.69, 9.17) is 9.47 Å². The average Bonchev–Trinajstić information content (AvgIpc) is 2.71. The number of methoxy groups -OCH3 is 1. The highest BCUT2D eigenvalue weighted by Gasteiger charge is 2.04. The molecule has 4 nitrogen and oxygen atoms in total. The van der Waals surface area contributed by atoms with E-state index in [9.17, 15) is 0 Å². The summed E-state index contributed by atoms with van der Waals surface area (Å²) in [5, 5.41) is 0. The van der Waals surface area contributed by atoms with Crippen LogP contribution in [0.2, 0.25) is 0 Å². The molecular formula is C14H18N2O2. The molecule has 1 heterocycles. The largest absolute Gasteiger partial charge is 0.493 e. The van der Waals surface area contributed by atoms with Crippen molar-refractivity contribution in [1.29, 1.82) is 0 Å². The number of ether oxygens (including phenoxy) is 2. The predicted molar refractivity (Wildman–Crippen MR) is 70.2 cm³/mol. The van der Waals surface area contributed by atoms with Gasteiger partial charge < -0.3 is 14.0 Å². The minimum Gasteiger partial charge on any atom is -0.493 e. The summed E-state index contributed by atoms with van der Waals surface area (Å²) in [6.45, 7) is 5.44. The van der Waals surface area contributed by atoms with E-state index in [1.54, 1.807) is 7.11 Å². The van der Waals surface area contributed by atoms with Crippen LogP contribution in [0, 0.1) is 13.8 Å². The molecule has 0 aliphatic rings. The van der Waals surface area contributed by atoms with Crippen LogP contribution in [0.15, 0.2) is 30.6 Å². The van der Waals surface area contributed by atoms with Gasteiger partial charge in [0.25, 0.3) is 0 Å². The number of aryl methyl sites for hydroxylation is 1. The summed E-state index contributed by atoms with van der Waals surface area (Å²) < 4.78 is 13.0. The topological polar surface area (TPSA) is 36.3 Å². The lowest BCUT2D eigenvalue weighted by Gasteiger charge is -2.11. The van der Waals surface area contributed by atoms with Gasteiger partial charge in [-0.2, -0.15) is 0 Å². The van der Waals surface area contributed by atoms with Gasteiger partial charge in [0, 0.05) is 5.69 Å². The van der Waals surface area contributed by atoms with Gasteiger partial charge in [-0.1, -0.05) is 12.1 Å². The number of para-hydroxylation sites is 2. The third-order valence-corrected chi connectivity index (χ3v) is 3.00. The molecule has 1 aromatic heterocycles. The smallest absolute Gasteiger partial charge is 0.161 e. The standard InChI is InChI=1S/C14H18N2O2/c1-11-12(2)16(10-15-11)8-9-18-14-7-5-4-6-13(14)17-3/h4-7,10H,8-9H2,1-3H3. The van der Waals surface area contributed by atoms with E-state index in [2.05, 4.69) is 16.5 Å². The maximum atomic E-state index is 5.72. The van der Waals surface area contributed by atoms with Crippen molar-refractivity contribution in [2.75, 3.05) is 13.7 Å². The molecule has 96 valence electrons. The van der Waals surface area contributed by atoms with Crippen molar-refractivity contribution >= 4 is 0 Å². The first-order valence-electron chi connectivity index (χ1n) is 5.96. The number of benzene rings is 1. The molecule has 2 rings (SSSR count). The Morgan fingerprint density at radius 3 is 2.50 bits per heavy atom. The lowest BCUT2D eigenvalue weighted by atomic mass is 10.3. The number of rotatable bonds is 5. The van der Waals surface area contributed by atoms with E-state index in [1.165, 1.54) is 5.69 Å². The number of hydrogen-bond acceptors (Lipinski definition) is 3. The number of aromatic nitrogens is 2. The zero-order chi connectivity index (χ0) is 13.0. The van der Waals surface area contributed by atoms with E-state index < -0.39 is 0 Å². The van der Waals surface area contributed by atoms with E-state index in [1.807, 2.05) is 37.5 Å². The Morgan fingerprint density at radius 1 is 1.17 bits per heavy atom. The summed E-state index contributed by atoms with van der Waals surface area (Å²) in [6, 6.07) is 7.66. The molecular weight excluding hydrogens is 228 g/mol. The van der Waals surface area contributed by atoms with Crippen LogP contribution < -0.4 is 9.47 Å². The fraction of sp³-hybridized carbons (Fsp3) is 0.357. The second-order valence-corrected chi connectivity index (χ2v) is 4.11. The number of hydrogen-bond donors (Lipinski definition) is 0. The highest BCUT2D eigenvalue weighted by atomic mass is 16.5. The first kappa shape index (κ1) is 12.5. The average molecular weight is 246 g/mol. The fourth-order valence-electron chi connectivity index (χ4n) is 1.76. The highest BCUT2D eigenvalue weighted by Crippen LogP contribution is 2.25. The van der Waals surface area contributed by atoms with Gasteiger partial charge >= 0.3 is 0 Å². The molecule has 0 N–H and O–H groups in total. The van der Waals surface area contributed by atoms with Crippen molar-refractivity contribution in [1.82, 2.24) is 9.55 Å². The molecule has 18 heavy (non-hydrogen) atoms. The van der Waals surface area contributed by atoms with Crippen molar-refractivity contribution in [2.24, 2.45) is 0 Å². The van der Waals surface area contributed by atoms with Crippen LogP contribution in [0.5, 0.6) is 11.5 Å². The zero-order valence-corrected chi connectivity index (χ0v) is 11.0.